The van der Waals surface area contributed by atoms with Gasteiger partial charge in [0.05, 0.1) is 30.6 Å². The van der Waals surface area contributed by atoms with Crippen LogP contribution in [-0.2, 0) is 0 Å². The highest BCUT2D eigenvalue weighted by Crippen LogP contribution is 2.41. The molecule has 3 N–H and O–H groups in total. The maximum atomic E-state index is 9.36. The van der Waals surface area contributed by atoms with Gasteiger partial charge in [-0.2, -0.15) is 10.1 Å². The van der Waals surface area contributed by atoms with Crippen LogP contribution in [0.4, 0.5) is 17.5 Å². The van der Waals surface area contributed by atoms with Crippen LogP contribution in [0.3, 0.4) is 0 Å². The molecule has 3 heterocycles. The van der Waals surface area contributed by atoms with Crippen molar-refractivity contribution in [3.05, 3.63) is 24.7 Å². The minimum atomic E-state index is 0.0533. The first kappa shape index (κ1) is 20.0. The Labute approximate surface area is 181 Å². The summed E-state index contributed by atoms with van der Waals surface area (Å²) in [6.07, 6.45) is 11.9. The molecule has 0 aliphatic heterocycles. The van der Waals surface area contributed by atoms with Gasteiger partial charge in [0.15, 0.2) is 0 Å². The SMILES string of the molecule is COc1nccc2nc(Nc3cnn(C4CCC(CO)CC4)c3)nc(NC3(C)CC3)c12. The summed E-state index contributed by atoms with van der Waals surface area (Å²) in [7, 11) is 1.61. The maximum Gasteiger partial charge on any atom is 0.229 e. The van der Waals surface area contributed by atoms with Gasteiger partial charge in [-0.15, -0.1) is 0 Å². The number of hydrogen-bond donors (Lipinski definition) is 3. The highest BCUT2D eigenvalue weighted by molar-refractivity contribution is 5.94. The standard InChI is InChI=1S/C22H29N7O2/c1-22(8-9-22)28-19-18-17(7-10-23-20(18)31-2)26-21(27-19)25-15-11-24-29(12-15)16-5-3-14(13-30)4-6-16/h7,10-12,14,16,30H,3-6,8-9,13H2,1-2H3,(H2,25,26,27,28). The Kier molecular flexibility index (Phi) is 5.13. The second kappa shape index (κ2) is 7.96. The van der Waals surface area contributed by atoms with Gasteiger partial charge in [-0.25, -0.2) is 9.97 Å². The molecule has 2 aliphatic carbocycles. The van der Waals surface area contributed by atoms with E-state index in [0.717, 1.165) is 60.9 Å². The van der Waals surface area contributed by atoms with E-state index in [-0.39, 0.29) is 12.1 Å². The summed E-state index contributed by atoms with van der Waals surface area (Å²) in [6.45, 7) is 2.47. The molecule has 0 atom stereocenters. The fourth-order valence-electron chi connectivity index (χ4n) is 4.27. The Morgan fingerprint density at radius 2 is 2.03 bits per heavy atom. The molecule has 3 aromatic rings. The average Bonchev–Trinajstić information content (AvgIpc) is 3.33. The number of aliphatic hydroxyl groups is 1. The number of aliphatic hydroxyl groups excluding tert-OH is 1. The number of ether oxygens (including phenoxy) is 1. The van der Waals surface area contributed by atoms with Crippen LogP contribution in [0, 0.1) is 5.92 Å². The Bertz CT molecular complexity index is 1070. The van der Waals surface area contributed by atoms with Crippen molar-refractivity contribution in [2.75, 3.05) is 24.4 Å². The number of nitrogens with one attached hydrogen (secondary N) is 2. The molecule has 9 nitrogen and oxygen atoms in total. The van der Waals surface area contributed by atoms with Gasteiger partial charge in [0.1, 0.15) is 11.2 Å². The minimum Gasteiger partial charge on any atom is -0.480 e. The van der Waals surface area contributed by atoms with E-state index >= 15 is 0 Å². The zero-order valence-corrected chi connectivity index (χ0v) is 18.0. The van der Waals surface area contributed by atoms with Gasteiger partial charge in [0.2, 0.25) is 11.8 Å². The predicted molar refractivity (Wildman–Crippen MR) is 119 cm³/mol. The maximum absolute atomic E-state index is 9.36. The minimum absolute atomic E-state index is 0.0533. The van der Waals surface area contributed by atoms with Crippen LogP contribution < -0.4 is 15.4 Å². The lowest BCUT2D eigenvalue weighted by Crippen LogP contribution is -2.20. The number of hydrogen-bond acceptors (Lipinski definition) is 8. The summed E-state index contributed by atoms with van der Waals surface area (Å²) in [6, 6.07) is 2.24. The molecular weight excluding hydrogens is 394 g/mol. The number of fused-ring (bicyclic) bond motifs is 1. The fraction of sp³-hybridized carbons (Fsp3) is 0.545. The van der Waals surface area contributed by atoms with Gasteiger partial charge in [-0.1, -0.05) is 0 Å². The smallest absolute Gasteiger partial charge is 0.229 e. The second-order valence-electron chi connectivity index (χ2n) is 8.99. The first-order valence-corrected chi connectivity index (χ1v) is 11.0. The zero-order valence-electron chi connectivity index (χ0n) is 18.0. The summed E-state index contributed by atoms with van der Waals surface area (Å²) >= 11 is 0. The van der Waals surface area contributed by atoms with E-state index in [4.69, 9.17) is 9.72 Å². The summed E-state index contributed by atoms with van der Waals surface area (Å²) < 4.78 is 7.49. The molecule has 5 rings (SSSR count). The molecule has 0 radical (unpaired) electrons. The molecule has 164 valence electrons. The number of aromatic nitrogens is 5. The Morgan fingerprint density at radius 3 is 2.74 bits per heavy atom. The van der Waals surface area contributed by atoms with Gasteiger partial charge in [0.25, 0.3) is 0 Å². The van der Waals surface area contributed by atoms with Gasteiger partial charge in [-0.3, -0.25) is 4.68 Å². The van der Waals surface area contributed by atoms with Crippen LogP contribution in [0.2, 0.25) is 0 Å². The Balaban J connectivity index is 1.40. The summed E-state index contributed by atoms with van der Waals surface area (Å²) in [5.74, 6) is 2.19. The first-order valence-electron chi connectivity index (χ1n) is 11.0. The highest BCUT2D eigenvalue weighted by Gasteiger charge is 2.38. The number of nitrogens with zero attached hydrogens (tertiary/aromatic N) is 5. The molecular formula is C22H29N7O2. The fourth-order valence-corrected chi connectivity index (χ4v) is 4.27. The number of anilines is 3. The van der Waals surface area contributed by atoms with Crippen molar-refractivity contribution in [3.63, 3.8) is 0 Å². The summed E-state index contributed by atoms with van der Waals surface area (Å²) in [5.41, 5.74) is 1.68. The lowest BCUT2D eigenvalue weighted by atomic mass is 9.87. The normalized spacial score (nSPS) is 22.3. The number of methoxy groups -OCH3 is 1. The average molecular weight is 424 g/mol. The van der Waals surface area contributed by atoms with E-state index in [1.54, 1.807) is 13.3 Å². The van der Waals surface area contributed by atoms with E-state index in [1.165, 1.54) is 0 Å². The van der Waals surface area contributed by atoms with Gasteiger partial charge in [0, 0.05) is 24.5 Å². The lowest BCUT2D eigenvalue weighted by molar-refractivity contribution is 0.165. The van der Waals surface area contributed by atoms with Crippen molar-refractivity contribution in [2.45, 2.75) is 57.0 Å². The van der Waals surface area contributed by atoms with Crippen molar-refractivity contribution in [1.29, 1.82) is 0 Å². The number of rotatable bonds is 7. The van der Waals surface area contributed by atoms with Crippen LogP contribution in [0.5, 0.6) is 5.88 Å². The van der Waals surface area contributed by atoms with E-state index in [1.807, 2.05) is 23.1 Å². The van der Waals surface area contributed by atoms with Crippen molar-refractivity contribution >= 4 is 28.4 Å². The molecule has 0 aromatic carbocycles. The summed E-state index contributed by atoms with van der Waals surface area (Å²) in [4.78, 5) is 13.8. The Morgan fingerprint density at radius 1 is 1.23 bits per heavy atom. The third kappa shape index (κ3) is 4.14. The topological polar surface area (TPSA) is 110 Å². The van der Waals surface area contributed by atoms with Crippen molar-refractivity contribution in [2.24, 2.45) is 5.92 Å². The van der Waals surface area contributed by atoms with Crippen molar-refractivity contribution in [1.82, 2.24) is 24.7 Å². The molecule has 9 heteroatoms. The van der Waals surface area contributed by atoms with Crippen LogP contribution in [0.1, 0.15) is 51.5 Å². The largest absolute Gasteiger partial charge is 0.480 e. The third-order valence-corrected chi connectivity index (χ3v) is 6.49. The third-order valence-electron chi connectivity index (χ3n) is 6.49. The predicted octanol–water partition coefficient (Wildman–Crippen LogP) is 3.66. The second-order valence-corrected chi connectivity index (χ2v) is 8.99. The molecule has 0 spiro atoms. The van der Waals surface area contributed by atoms with Crippen LogP contribution in [0.25, 0.3) is 10.9 Å². The molecule has 2 aliphatic rings. The molecule has 3 aromatic heterocycles. The lowest BCUT2D eigenvalue weighted by Gasteiger charge is -2.27. The summed E-state index contributed by atoms with van der Waals surface area (Å²) in [5, 5.41) is 21.6. The molecule has 0 bridgehead atoms. The van der Waals surface area contributed by atoms with Gasteiger partial charge in [-0.05, 0) is 57.4 Å². The van der Waals surface area contributed by atoms with Gasteiger partial charge < -0.3 is 20.5 Å². The molecule has 2 saturated carbocycles. The van der Waals surface area contributed by atoms with Crippen LogP contribution >= 0.6 is 0 Å². The van der Waals surface area contributed by atoms with Crippen molar-refractivity contribution in [3.8, 4) is 5.88 Å². The Hall–Kier alpha value is -2.94. The molecule has 31 heavy (non-hydrogen) atoms. The van der Waals surface area contributed by atoms with E-state index in [9.17, 15) is 5.11 Å². The quantitative estimate of drug-likeness (QED) is 0.528. The van der Waals surface area contributed by atoms with E-state index in [0.29, 0.717) is 23.8 Å². The molecule has 0 amide bonds. The highest BCUT2D eigenvalue weighted by atomic mass is 16.5. The number of pyridine rings is 1. The van der Waals surface area contributed by atoms with Gasteiger partial charge >= 0.3 is 0 Å². The first-order chi connectivity index (χ1) is 15.1. The van der Waals surface area contributed by atoms with Crippen LogP contribution in [0.15, 0.2) is 24.7 Å². The monoisotopic (exact) mass is 423 g/mol. The molecule has 2 fully saturated rings. The van der Waals surface area contributed by atoms with E-state index in [2.05, 4.69) is 32.6 Å². The van der Waals surface area contributed by atoms with Crippen LogP contribution in [-0.4, -0.2) is 49.1 Å². The zero-order chi connectivity index (χ0) is 21.4. The molecule has 0 saturated heterocycles. The van der Waals surface area contributed by atoms with E-state index < -0.39 is 0 Å². The molecule has 0 unspecified atom stereocenters. The van der Waals surface area contributed by atoms with Crippen molar-refractivity contribution < 1.29 is 9.84 Å².